The molecule has 98 valence electrons. The van der Waals surface area contributed by atoms with E-state index in [4.69, 9.17) is 0 Å². The molecule has 0 spiro atoms. The van der Waals surface area contributed by atoms with Crippen molar-refractivity contribution in [3.8, 4) is 0 Å². The fourth-order valence-corrected chi connectivity index (χ4v) is 4.98. The minimum Gasteiger partial charge on any atom is -0.132 e. The lowest BCUT2D eigenvalue weighted by molar-refractivity contribution is 0.710. The van der Waals surface area contributed by atoms with Gasteiger partial charge in [-0.25, -0.2) is 0 Å². The Morgan fingerprint density at radius 2 is 1.33 bits per heavy atom. The van der Waals surface area contributed by atoms with Gasteiger partial charge in [0.05, 0.1) is 0 Å². The number of hydrogen-bond acceptors (Lipinski definition) is 0. The first-order valence-corrected chi connectivity index (χ1v) is 8.08. The smallest absolute Gasteiger partial charge is 0.00345 e. The zero-order chi connectivity index (χ0) is 13.1. The van der Waals surface area contributed by atoms with E-state index in [1.807, 2.05) is 0 Å². The highest BCUT2D eigenvalue weighted by atomic mass is 31.0. The van der Waals surface area contributed by atoms with Crippen LogP contribution in [0.1, 0.15) is 54.8 Å². The summed E-state index contributed by atoms with van der Waals surface area (Å²) in [5.74, 6) is 0. The van der Waals surface area contributed by atoms with E-state index in [-0.39, 0.29) is 0 Å². The van der Waals surface area contributed by atoms with Gasteiger partial charge in [0.2, 0.25) is 0 Å². The molecule has 1 aliphatic rings. The molecule has 0 N–H and O–H groups in total. The SMILES string of the molecule is C=C(C)Cc1[pH]c(CC(=C)C)c2c1CCCCC2. The third-order valence-corrected chi connectivity index (χ3v) is 5.27. The molecule has 0 saturated carbocycles. The monoisotopic (exact) mass is 260 g/mol. The molecular formula is C17H25P. The molecule has 0 atom stereocenters. The summed E-state index contributed by atoms with van der Waals surface area (Å²) in [7, 11) is 0.925. The van der Waals surface area contributed by atoms with Crippen molar-refractivity contribution in [3.63, 3.8) is 0 Å². The van der Waals surface area contributed by atoms with E-state index in [2.05, 4.69) is 27.0 Å². The van der Waals surface area contributed by atoms with Crippen LogP contribution in [-0.2, 0) is 25.7 Å². The van der Waals surface area contributed by atoms with Crippen molar-refractivity contribution in [2.24, 2.45) is 0 Å². The summed E-state index contributed by atoms with van der Waals surface area (Å²) < 4.78 is 0. The van der Waals surface area contributed by atoms with Gasteiger partial charge in [0.15, 0.2) is 0 Å². The second-order valence-electron chi connectivity index (χ2n) is 5.87. The molecule has 2 rings (SSSR count). The van der Waals surface area contributed by atoms with E-state index in [1.54, 1.807) is 21.7 Å². The average Bonchev–Trinajstić information content (AvgIpc) is 2.49. The summed E-state index contributed by atoms with van der Waals surface area (Å²) >= 11 is 0. The molecule has 0 saturated heterocycles. The molecule has 0 aliphatic heterocycles. The molecule has 0 fully saturated rings. The predicted molar refractivity (Wildman–Crippen MR) is 84.2 cm³/mol. The van der Waals surface area contributed by atoms with Crippen molar-refractivity contribution < 1.29 is 0 Å². The van der Waals surface area contributed by atoms with E-state index in [9.17, 15) is 0 Å². The first-order valence-electron chi connectivity index (χ1n) is 7.08. The summed E-state index contributed by atoms with van der Waals surface area (Å²) in [6, 6.07) is 0. The van der Waals surface area contributed by atoms with E-state index in [0.29, 0.717) is 0 Å². The highest BCUT2D eigenvalue weighted by molar-refractivity contribution is 7.32. The molecular weight excluding hydrogens is 235 g/mol. The molecule has 0 aromatic carbocycles. The van der Waals surface area contributed by atoms with Crippen LogP contribution in [0.5, 0.6) is 0 Å². The maximum absolute atomic E-state index is 4.10. The summed E-state index contributed by atoms with van der Waals surface area (Å²) in [6.07, 6.45) is 9.02. The van der Waals surface area contributed by atoms with Crippen molar-refractivity contribution in [1.82, 2.24) is 0 Å². The maximum atomic E-state index is 4.10. The molecule has 1 aromatic heterocycles. The lowest BCUT2D eigenvalue weighted by atomic mass is 9.99. The van der Waals surface area contributed by atoms with E-state index in [1.165, 1.54) is 43.3 Å². The second-order valence-corrected chi connectivity index (χ2v) is 7.32. The van der Waals surface area contributed by atoms with Gasteiger partial charge in [-0.05, 0) is 74.1 Å². The summed E-state index contributed by atoms with van der Waals surface area (Å²) in [5.41, 5.74) is 6.05. The zero-order valence-corrected chi connectivity index (χ0v) is 12.9. The highest BCUT2D eigenvalue weighted by Gasteiger charge is 2.18. The molecule has 0 amide bonds. The molecule has 0 unspecified atom stereocenters. The molecule has 1 heteroatoms. The van der Waals surface area contributed by atoms with Crippen molar-refractivity contribution in [2.75, 3.05) is 0 Å². The Labute approximate surface area is 113 Å². The van der Waals surface area contributed by atoms with Gasteiger partial charge in [0.1, 0.15) is 0 Å². The van der Waals surface area contributed by atoms with Crippen LogP contribution >= 0.6 is 8.19 Å². The Balaban J connectivity index is 2.38. The van der Waals surface area contributed by atoms with Crippen LogP contribution in [0.15, 0.2) is 24.3 Å². The second kappa shape index (κ2) is 5.93. The molecule has 1 aliphatic carbocycles. The van der Waals surface area contributed by atoms with Gasteiger partial charge in [0, 0.05) is 0 Å². The van der Waals surface area contributed by atoms with Crippen molar-refractivity contribution in [3.05, 3.63) is 46.0 Å². The zero-order valence-electron chi connectivity index (χ0n) is 11.9. The predicted octanol–water partition coefficient (Wildman–Crippen LogP) is 5.22. The molecule has 0 bridgehead atoms. The topological polar surface area (TPSA) is 0 Å². The summed E-state index contributed by atoms with van der Waals surface area (Å²) in [4.78, 5) is 0. The Morgan fingerprint density at radius 3 is 1.72 bits per heavy atom. The summed E-state index contributed by atoms with van der Waals surface area (Å²) in [6.45, 7) is 12.5. The summed E-state index contributed by atoms with van der Waals surface area (Å²) in [5, 5.41) is 3.38. The standard InChI is InChI=1S/C17H25P/c1-12(2)10-16-14-8-6-5-7-9-15(14)17(18-16)11-13(3)4/h18H,1,3,5-11H2,2,4H3. The third kappa shape index (κ3) is 3.18. The quantitative estimate of drug-likeness (QED) is 0.514. The fourth-order valence-electron chi connectivity index (χ4n) is 2.99. The molecule has 1 heterocycles. The lowest BCUT2D eigenvalue weighted by Crippen LogP contribution is -1.94. The Kier molecular flexibility index (Phi) is 4.51. The van der Waals surface area contributed by atoms with Crippen LogP contribution in [0, 0.1) is 0 Å². The van der Waals surface area contributed by atoms with Crippen LogP contribution in [0.3, 0.4) is 0 Å². The van der Waals surface area contributed by atoms with Crippen molar-refractivity contribution in [1.29, 1.82) is 0 Å². The van der Waals surface area contributed by atoms with E-state index in [0.717, 1.165) is 21.0 Å². The van der Waals surface area contributed by atoms with Gasteiger partial charge in [-0.2, -0.15) is 0 Å². The number of hydrogen-bond donors (Lipinski definition) is 0. The van der Waals surface area contributed by atoms with Gasteiger partial charge in [0.25, 0.3) is 0 Å². The van der Waals surface area contributed by atoms with E-state index < -0.39 is 0 Å². The van der Waals surface area contributed by atoms with Crippen molar-refractivity contribution >= 4 is 8.19 Å². The largest absolute Gasteiger partial charge is 0.132 e. The Hall–Kier alpha value is -0.740. The van der Waals surface area contributed by atoms with Gasteiger partial charge in [-0.15, -0.1) is 8.19 Å². The normalized spacial score (nSPS) is 15.0. The maximum Gasteiger partial charge on any atom is -0.00345 e. The number of rotatable bonds is 4. The van der Waals surface area contributed by atoms with Crippen LogP contribution < -0.4 is 0 Å². The molecule has 0 radical (unpaired) electrons. The van der Waals surface area contributed by atoms with Crippen molar-refractivity contribution in [2.45, 2.75) is 58.8 Å². The van der Waals surface area contributed by atoms with Crippen LogP contribution in [-0.4, -0.2) is 0 Å². The molecule has 1 aromatic rings. The van der Waals surface area contributed by atoms with Crippen LogP contribution in [0.25, 0.3) is 0 Å². The number of allylic oxidation sites excluding steroid dienone is 2. The first-order chi connectivity index (χ1) is 8.58. The average molecular weight is 260 g/mol. The highest BCUT2D eigenvalue weighted by Crippen LogP contribution is 2.39. The van der Waals surface area contributed by atoms with Crippen LogP contribution in [0.4, 0.5) is 0 Å². The molecule has 0 nitrogen and oxygen atoms in total. The Morgan fingerprint density at radius 1 is 0.889 bits per heavy atom. The number of fused-ring (bicyclic) bond motifs is 1. The lowest BCUT2D eigenvalue weighted by Gasteiger charge is -2.05. The first kappa shape index (κ1) is 13.7. The minimum absolute atomic E-state index is 0.925. The van der Waals surface area contributed by atoms with Crippen LogP contribution in [0.2, 0.25) is 0 Å². The fraction of sp³-hybridized carbons (Fsp3) is 0.529. The molecule has 18 heavy (non-hydrogen) atoms. The minimum atomic E-state index is 0.925. The van der Waals surface area contributed by atoms with Gasteiger partial charge in [-0.1, -0.05) is 30.7 Å². The third-order valence-electron chi connectivity index (χ3n) is 3.71. The Bertz CT molecular complexity index is 422. The van der Waals surface area contributed by atoms with E-state index >= 15 is 0 Å². The van der Waals surface area contributed by atoms with Gasteiger partial charge >= 0.3 is 0 Å². The van der Waals surface area contributed by atoms with Gasteiger partial charge < -0.3 is 0 Å². The van der Waals surface area contributed by atoms with Gasteiger partial charge in [-0.3, -0.25) is 0 Å².